The summed E-state index contributed by atoms with van der Waals surface area (Å²) in [4.78, 5) is 33.2. The molecule has 0 bridgehead atoms. The van der Waals surface area contributed by atoms with Crippen LogP contribution in [0.5, 0.6) is 5.75 Å². The Morgan fingerprint density at radius 2 is 1.63 bits per heavy atom. The summed E-state index contributed by atoms with van der Waals surface area (Å²) in [5, 5.41) is 1.81. The van der Waals surface area contributed by atoms with Crippen LogP contribution in [-0.2, 0) is 4.79 Å². The minimum Gasteiger partial charge on any atom is -0.496 e. The number of anilines is 1. The number of hydrogen-bond acceptors (Lipinski definition) is 4. The van der Waals surface area contributed by atoms with E-state index >= 15 is 0 Å². The molecule has 2 heterocycles. The molecular formula is C29H33N3O3. The summed E-state index contributed by atoms with van der Waals surface area (Å²) in [6.45, 7) is 6.39. The van der Waals surface area contributed by atoms with Crippen molar-refractivity contribution >= 4 is 28.3 Å². The molecule has 2 fully saturated rings. The molecule has 2 aliphatic heterocycles. The minimum absolute atomic E-state index is 0.00869. The van der Waals surface area contributed by atoms with E-state index in [1.54, 1.807) is 7.11 Å². The van der Waals surface area contributed by atoms with Gasteiger partial charge in [0.2, 0.25) is 5.91 Å². The fourth-order valence-corrected chi connectivity index (χ4v) is 5.44. The van der Waals surface area contributed by atoms with E-state index in [0.717, 1.165) is 55.5 Å². The maximum Gasteiger partial charge on any atom is 0.254 e. The van der Waals surface area contributed by atoms with Crippen molar-refractivity contribution in [3.8, 4) is 5.75 Å². The Hall–Kier alpha value is -3.54. The largest absolute Gasteiger partial charge is 0.496 e. The molecule has 0 radical (unpaired) electrons. The van der Waals surface area contributed by atoms with Gasteiger partial charge in [0.25, 0.3) is 5.91 Å². The van der Waals surface area contributed by atoms with E-state index in [9.17, 15) is 9.59 Å². The number of aryl methyl sites for hydroxylation is 1. The van der Waals surface area contributed by atoms with Crippen LogP contribution in [0.1, 0.15) is 28.8 Å². The number of likely N-dealkylation sites (tertiary alicyclic amines) is 1. The highest BCUT2D eigenvalue weighted by Crippen LogP contribution is 2.30. The summed E-state index contributed by atoms with van der Waals surface area (Å²) < 4.78 is 5.49. The average molecular weight is 472 g/mol. The van der Waals surface area contributed by atoms with E-state index in [-0.39, 0.29) is 17.7 Å². The first-order valence-electron chi connectivity index (χ1n) is 12.5. The summed E-state index contributed by atoms with van der Waals surface area (Å²) in [5.74, 6) is 0.799. The Morgan fingerprint density at radius 1 is 0.857 bits per heavy atom. The molecule has 2 saturated heterocycles. The molecule has 0 aliphatic carbocycles. The predicted molar refractivity (Wildman–Crippen MR) is 139 cm³/mol. The Bertz CT molecular complexity index is 1230. The molecule has 6 heteroatoms. The van der Waals surface area contributed by atoms with E-state index < -0.39 is 0 Å². The second-order valence-corrected chi connectivity index (χ2v) is 9.60. The van der Waals surface area contributed by atoms with Crippen molar-refractivity contribution in [1.82, 2.24) is 9.80 Å². The quantitative estimate of drug-likeness (QED) is 0.568. The second-order valence-electron chi connectivity index (χ2n) is 9.60. The van der Waals surface area contributed by atoms with Gasteiger partial charge in [-0.1, -0.05) is 36.4 Å². The number of carbonyl (C=O) groups excluding carboxylic acids is 2. The van der Waals surface area contributed by atoms with E-state index in [0.29, 0.717) is 18.7 Å². The fraction of sp³-hybridized carbons (Fsp3) is 0.379. The molecule has 0 spiro atoms. The highest BCUT2D eigenvalue weighted by Gasteiger charge is 2.33. The van der Waals surface area contributed by atoms with Crippen LogP contribution < -0.4 is 9.64 Å². The molecule has 5 rings (SSSR count). The van der Waals surface area contributed by atoms with Gasteiger partial charge in [-0.2, -0.15) is 0 Å². The lowest BCUT2D eigenvalue weighted by Crippen LogP contribution is -2.53. The van der Waals surface area contributed by atoms with Crippen LogP contribution in [0.4, 0.5) is 5.69 Å². The Balaban J connectivity index is 1.25. The molecule has 3 aromatic rings. The number of nitrogens with zero attached hydrogens (tertiary/aromatic N) is 3. The van der Waals surface area contributed by atoms with Crippen LogP contribution in [0, 0.1) is 12.8 Å². The SMILES string of the molecule is COc1ccc(C(=O)N2CCCC(C(=O)N3CCN(c4cccc(C)c4)CC3)C2)c2ccccc12. The van der Waals surface area contributed by atoms with Gasteiger partial charge in [-0.15, -0.1) is 0 Å². The van der Waals surface area contributed by atoms with Gasteiger partial charge in [0.05, 0.1) is 13.0 Å². The lowest BCUT2D eigenvalue weighted by Gasteiger charge is -2.40. The molecule has 6 nitrogen and oxygen atoms in total. The molecule has 182 valence electrons. The molecule has 2 aliphatic rings. The third kappa shape index (κ3) is 4.70. The Kier molecular flexibility index (Phi) is 6.62. The van der Waals surface area contributed by atoms with Gasteiger partial charge >= 0.3 is 0 Å². The number of hydrogen-bond donors (Lipinski definition) is 0. The number of piperidine rings is 1. The predicted octanol–water partition coefficient (Wildman–Crippen LogP) is 4.36. The average Bonchev–Trinajstić information content (AvgIpc) is 2.92. The van der Waals surface area contributed by atoms with Crippen LogP contribution in [-0.4, -0.2) is 68.0 Å². The van der Waals surface area contributed by atoms with Gasteiger partial charge in [-0.05, 0) is 55.0 Å². The van der Waals surface area contributed by atoms with E-state index in [2.05, 4.69) is 36.1 Å². The Labute approximate surface area is 207 Å². The first-order chi connectivity index (χ1) is 17.0. The fourth-order valence-electron chi connectivity index (χ4n) is 5.44. The third-order valence-electron chi connectivity index (χ3n) is 7.35. The number of methoxy groups -OCH3 is 1. The summed E-state index contributed by atoms with van der Waals surface area (Å²) in [6.07, 6.45) is 1.68. The van der Waals surface area contributed by atoms with Gasteiger partial charge in [-0.3, -0.25) is 9.59 Å². The van der Waals surface area contributed by atoms with Crippen molar-refractivity contribution in [2.24, 2.45) is 5.92 Å². The van der Waals surface area contributed by atoms with Crippen molar-refractivity contribution in [1.29, 1.82) is 0 Å². The zero-order valence-corrected chi connectivity index (χ0v) is 20.6. The van der Waals surface area contributed by atoms with Crippen LogP contribution in [0.15, 0.2) is 60.7 Å². The van der Waals surface area contributed by atoms with Gasteiger partial charge in [0.1, 0.15) is 5.75 Å². The summed E-state index contributed by atoms with van der Waals surface area (Å²) >= 11 is 0. The number of piperazine rings is 1. The summed E-state index contributed by atoms with van der Waals surface area (Å²) in [5.41, 5.74) is 3.14. The number of amides is 2. The first kappa shape index (κ1) is 23.2. The van der Waals surface area contributed by atoms with Gasteiger partial charge < -0.3 is 19.4 Å². The van der Waals surface area contributed by atoms with Gasteiger partial charge in [-0.25, -0.2) is 0 Å². The zero-order valence-electron chi connectivity index (χ0n) is 20.6. The van der Waals surface area contributed by atoms with Gasteiger partial charge in [0.15, 0.2) is 0 Å². The van der Waals surface area contributed by atoms with Gasteiger partial charge in [0, 0.05) is 55.9 Å². The van der Waals surface area contributed by atoms with E-state index in [4.69, 9.17) is 4.74 Å². The van der Waals surface area contributed by atoms with Crippen molar-refractivity contribution in [2.75, 3.05) is 51.3 Å². The number of carbonyl (C=O) groups is 2. The molecule has 1 atom stereocenters. The van der Waals surface area contributed by atoms with E-state index in [1.807, 2.05) is 46.2 Å². The molecule has 3 aromatic carbocycles. The lowest BCUT2D eigenvalue weighted by atomic mass is 9.94. The van der Waals surface area contributed by atoms with Crippen LogP contribution in [0.3, 0.4) is 0 Å². The monoisotopic (exact) mass is 471 g/mol. The van der Waals surface area contributed by atoms with E-state index in [1.165, 1.54) is 11.3 Å². The topological polar surface area (TPSA) is 53.1 Å². The normalized spacial score (nSPS) is 18.6. The van der Waals surface area contributed by atoms with Crippen LogP contribution in [0.25, 0.3) is 10.8 Å². The second kappa shape index (κ2) is 9.98. The third-order valence-corrected chi connectivity index (χ3v) is 7.35. The van der Waals surface area contributed by atoms with Crippen molar-refractivity contribution in [3.63, 3.8) is 0 Å². The molecular weight excluding hydrogens is 438 g/mol. The highest BCUT2D eigenvalue weighted by molar-refractivity contribution is 6.08. The lowest BCUT2D eigenvalue weighted by molar-refractivity contribution is -0.137. The number of ether oxygens (including phenoxy) is 1. The number of fused-ring (bicyclic) bond motifs is 1. The smallest absolute Gasteiger partial charge is 0.254 e. The standard InChI is InChI=1S/C29H33N3O3/c1-21-7-5-9-23(19-21)30-15-17-31(18-16-30)28(33)22-8-6-14-32(20-22)29(34)26-12-13-27(35-2)25-11-4-3-10-24(25)26/h3-5,7,9-13,19,22H,6,8,14-18,20H2,1-2H3. The van der Waals surface area contributed by atoms with Crippen LogP contribution >= 0.6 is 0 Å². The number of rotatable bonds is 4. The van der Waals surface area contributed by atoms with Crippen LogP contribution in [0.2, 0.25) is 0 Å². The molecule has 0 aromatic heterocycles. The zero-order chi connectivity index (χ0) is 24.4. The summed E-state index contributed by atoms with van der Waals surface area (Å²) in [7, 11) is 1.64. The molecule has 1 unspecified atom stereocenters. The molecule has 35 heavy (non-hydrogen) atoms. The highest BCUT2D eigenvalue weighted by atomic mass is 16.5. The molecule has 2 amide bonds. The molecule has 0 N–H and O–H groups in total. The number of benzene rings is 3. The summed E-state index contributed by atoms with van der Waals surface area (Å²) in [6, 6.07) is 20.1. The Morgan fingerprint density at radius 3 is 2.37 bits per heavy atom. The van der Waals surface area contributed by atoms with Crippen molar-refractivity contribution in [3.05, 3.63) is 71.8 Å². The maximum atomic E-state index is 13.5. The molecule has 0 saturated carbocycles. The van der Waals surface area contributed by atoms with Crippen molar-refractivity contribution < 1.29 is 14.3 Å². The van der Waals surface area contributed by atoms with Crippen molar-refractivity contribution in [2.45, 2.75) is 19.8 Å². The minimum atomic E-state index is -0.136. The first-order valence-corrected chi connectivity index (χ1v) is 12.5. The maximum absolute atomic E-state index is 13.5.